The van der Waals surface area contributed by atoms with Gasteiger partial charge in [-0.15, -0.1) is 22.0 Å². The minimum absolute atomic E-state index is 0.114. The second kappa shape index (κ2) is 6.59. The maximum atomic E-state index is 5.87. The highest BCUT2D eigenvalue weighted by Crippen LogP contribution is 2.35. The van der Waals surface area contributed by atoms with Gasteiger partial charge < -0.3 is 4.42 Å². The second-order valence-electron chi connectivity index (χ2n) is 5.82. The summed E-state index contributed by atoms with van der Waals surface area (Å²) in [5, 5.41) is 8.53. The molecular weight excluding hydrogens is 304 g/mol. The SMILES string of the molecule is Cc1cccc(-c2nnc([C@H](C)Sc3ccc(C)c(C)c3)o2)c1. The molecule has 1 heterocycles. The molecule has 0 bridgehead atoms. The molecule has 2 aromatic carbocycles. The number of nitrogens with zero attached hydrogens (tertiary/aromatic N) is 2. The van der Waals surface area contributed by atoms with Gasteiger partial charge in [0.2, 0.25) is 11.8 Å². The summed E-state index contributed by atoms with van der Waals surface area (Å²) in [4.78, 5) is 1.22. The first-order chi connectivity index (χ1) is 11.0. The molecule has 3 nitrogen and oxygen atoms in total. The molecular formula is C19H20N2OS. The van der Waals surface area contributed by atoms with Crippen LogP contribution in [0.5, 0.6) is 0 Å². The van der Waals surface area contributed by atoms with E-state index in [2.05, 4.69) is 68.2 Å². The Bertz CT molecular complexity index is 826. The molecule has 0 aliphatic carbocycles. The Morgan fingerprint density at radius 1 is 0.957 bits per heavy atom. The maximum Gasteiger partial charge on any atom is 0.247 e. The van der Waals surface area contributed by atoms with E-state index in [-0.39, 0.29) is 5.25 Å². The fraction of sp³-hybridized carbons (Fsp3) is 0.263. The molecule has 23 heavy (non-hydrogen) atoms. The van der Waals surface area contributed by atoms with Crippen molar-refractivity contribution >= 4 is 11.8 Å². The summed E-state index contributed by atoms with van der Waals surface area (Å²) < 4.78 is 5.87. The first-order valence-corrected chi connectivity index (χ1v) is 8.55. The molecule has 1 aromatic heterocycles. The van der Waals surface area contributed by atoms with Crippen LogP contribution in [0.25, 0.3) is 11.5 Å². The predicted octanol–water partition coefficient (Wildman–Crippen LogP) is 5.52. The van der Waals surface area contributed by atoms with Crippen molar-refractivity contribution in [2.45, 2.75) is 37.8 Å². The van der Waals surface area contributed by atoms with E-state index in [9.17, 15) is 0 Å². The van der Waals surface area contributed by atoms with Gasteiger partial charge in [0.15, 0.2) is 0 Å². The van der Waals surface area contributed by atoms with Gasteiger partial charge in [-0.2, -0.15) is 0 Å². The van der Waals surface area contributed by atoms with Gasteiger partial charge in [-0.1, -0.05) is 23.8 Å². The van der Waals surface area contributed by atoms with Crippen LogP contribution in [-0.2, 0) is 0 Å². The quantitative estimate of drug-likeness (QED) is 0.593. The second-order valence-corrected chi connectivity index (χ2v) is 7.24. The molecule has 118 valence electrons. The number of rotatable bonds is 4. The summed E-state index contributed by atoms with van der Waals surface area (Å²) in [5.74, 6) is 1.24. The molecule has 0 spiro atoms. The van der Waals surface area contributed by atoms with Crippen LogP contribution >= 0.6 is 11.8 Å². The smallest absolute Gasteiger partial charge is 0.247 e. The van der Waals surface area contributed by atoms with Crippen LogP contribution in [0, 0.1) is 20.8 Å². The minimum atomic E-state index is 0.114. The van der Waals surface area contributed by atoms with Crippen LogP contribution in [0.2, 0.25) is 0 Å². The summed E-state index contributed by atoms with van der Waals surface area (Å²) >= 11 is 1.73. The van der Waals surface area contributed by atoms with Gasteiger partial charge in [0.1, 0.15) is 0 Å². The number of aryl methyl sites for hydroxylation is 3. The Balaban J connectivity index is 1.78. The summed E-state index contributed by atoms with van der Waals surface area (Å²) in [6, 6.07) is 14.6. The van der Waals surface area contributed by atoms with Gasteiger partial charge in [-0.25, -0.2) is 0 Å². The highest BCUT2D eigenvalue weighted by atomic mass is 32.2. The number of aromatic nitrogens is 2. The van der Waals surface area contributed by atoms with Gasteiger partial charge >= 0.3 is 0 Å². The lowest BCUT2D eigenvalue weighted by molar-refractivity contribution is 0.509. The van der Waals surface area contributed by atoms with E-state index in [4.69, 9.17) is 4.42 Å². The summed E-state index contributed by atoms with van der Waals surface area (Å²) in [6.45, 7) is 8.40. The van der Waals surface area contributed by atoms with Gasteiger partial charge in [0.25, 0.3) is 0 Å². The minimum Gasteiger partial charge on any atom is -0.419 e. The Hall–Kier alpha value is -2.07. The van der Waals surface area contributed by atoms with Crippen molar-refractivity contribution < 1.29 is 4.42 Å². The van der Waals surface area contributed by atoms with Crippen molar-refractivity contribution in [2.75, 3.05) is 0 Å². The van der Waals surface area contributed by atoms with Crippen molar-refractivity contribution in [3.05, 3.63) is 65.0 Å². The van der Waals surface area contributed by atoms with Gasteiger partial charge in [-0.05, 0) is 63.1 Å². The summed E-state index contributed by atoms with van der Waals surface area (Å²) in [7, 11) is 0. The lowest BCUT2D eigenvalue weighted by Crippen LogP contribution is -1.89. The molecule has 0 aliphatic heterocycles. The van der Waals surface area contributed by atoms with Crippen LogP contribution in [0.4, 0.5) is 0 Å². The van der Waals surface area contributed by atoms with E-state index >= 15 is 0 Å². The van der Waals surface area contributed by atoms with Crippen molar-refractivity contribution in [1.29, 1.82) is 0 Å². The van der Waals surface area contributed by atoms with Crippen LogP contribution in [0.15, 0.2) is 51.8 Å². The Kier molecular flexibility index (Phi) is 4.53. The van der Waals surface area contributed by atoms with Crippen LogP contribution in [-0.4, -0.2) is 10.2 Å². The molecule has 1 atom stereocenters. The lowest BCUT2D eigenvalue weighted by Gasteiger charge is -2.08. The molecule has 0 unspecified atom stereocenters. The standard InChI is InChI=1S/C19H20N2OS/c1-12-6-5-7-16(10-12)19-21-20-18(22-19)15(4)23-17-9-8-13(2)14(3)11-17/h5-11,15H,1-4H3/t15-/m0/s1. The van der Waals surface area contributed by atoms with E-state index < -0.39 is 0 Å². The molecule has 0 aliphatic rings. The predicted molar refractivity (Wildman–Crippen MR) is 94.7 cm³/mol. The molecule has 0 amide bonds. The third-order valence-electron chi connectivity index (χ3n) is 3.84. The molecule has 4 heteroatoms. The number of hydrogen-bond donors (Lipinski definition) is 0. The number of hydrogen-bond acceptors (Lipinski definition) is 4. The highest BCUT2D eigenvalue weighted by Gasteiger charge is 2.16. The van der Waals surface area contributed by atoms with Gasteiger partial charge in [0, 0.05) is 10.5 Å². The number of benzene rings is 2. The van der Waals surface area contributed by atoms with E-state index in [1.165, 1.54) is 21.6 Å². The van der Waals surface area contributed by atoms with Crippen molar-refractivity contribution in [2.24, 2.45) is 0 Å². The zero-order valence-corrected chi connectivity index (χ0v) is 14.6. The fourth-order valence-electron chi connectivity index (χ4n) is 2.34. The lowest BCUT2D eigenvalue weighted by atomic mass is 10.1. The van der Waals surface area contributed by atoms with Gasteiger partial charge in [-0.3, -0.25) is 0 Å². The fourth-order valence-corrected chi connectivity index (χ4v) is 3.33. The first-order valence-electron chi connectivity index (χ1n) is 7.67. The van der Waals surface area contributed by atoms with E-state index in [0.717, 1.165) is 5.56 Å². The monoisotopic (exact) mass is 324 g/mol. The van der Waals surface area contributed by atoms with Crippen molar-refractivity contribution in [3.8, 4) is 11.5 Å². The van der Waals surface area contributed by atoms with E-state index in [1.807, 2.05) is 12.1 Å². The van der Waals surface area contributed by atoms with E-state index in [0.29, 0.717) is 11.8 Å². The van der Waals surface area contributed by atoms with Crippen LogP contribution < -0.4 is 0 Å². The average molecular weight is 324 g/mol. The molecule has 0 N–H and O–H groups in total. The van der Waals surface area contributed by atoms with Gasteiger partial charge in [0.05, 0.1) is 5.25 Å². The van der Waals surface area contributed by atoms with Crippen molar-refractivity contribution in [1.82, 2.24) is 10.2 Å². The largest absolute Gasteiger partial charge is 0.419 e. The normalized spacial score (nSPS) is 12.3. The number of thioether (sulfide) groups is 1. The third-order valence-corrected chi connectivity index (χ3v) is 4.93. The van der Waals surface area contributed by atoms with Crippen molar-refractivity contribution in [3.63, 3.8) is 0 Å². The summed E-state index contributed by atoms with van der Waals surface area (Å²) in [6.07, 6.45) is 0. The topological polar surface area (TPSA) is 38.9 Å². The molecule has 0 saturated heterocycles. The molecule has 0 saturated carbocycles. The Morgan fingerprint density at radius 3 is 2.52 bits per heavy atom. The van der Waals surface area contributed by atoms with Crippen LogP contribution in [0.3, 0.4) is 0 Å². The average Bonchev–Trinajstić information content (AvgIpc) is 3.01. The zero-order chi connectivity index (χ0) is 16.4. The molecule has 3 rings (SSSR count). The molecule has 0 radical (unpaired) electrons. The highest BCUT2D eigenvalue weighted by molar-refractivity contribution is 7.99. The molecule has 0 fully saturated rings. The maximum absolute atomic E-state index is 5.87. The Labute approximate surface area is 141 Å². The summed E-state index contributed by atoms with van der Waals surface area (Å²) in [5.41, 5.74) is 4.75. The first kappa shape index (κ1) is 15.8. The third kappa shape index (κ3) is 3.64. The zero-order valence-electron chi connectivity index (χ0n) is 13.8. The molecule has 3 aromatic rings. The van der Waals surface area contributed by atoms with E-state index in [1.54, 1.807) is 11.8 Å². The van der Waals surface area contributed by atoms with Crippen LogP contribution in [0.1, 0.15) is 34.8 Å². The Morgan fingerprint density at radius 2 is 1.78 bits per heavy atom.